The number of allylic oxidation sites excluding steroid dienone is 1. The molecule has 4 heteroatoms. The Morgan fingerprint density at radius 3 is 2.67 bits per heavy atom. The van der Waals surface area contributed by atoms with Gasteiger partial charge in [0.05, 0.1) is 5.71 Å². The van der Waals surface area contributed by atoms with Crippen molar-refractivity contribution >= 4 is 12.1 Å². The summed E-state index contributed by atoms with van der Waals surface area (Å²) < 4.78 is 1.81. The smallest absolute Gasteiger partial charge is 0.109 e. The zero-order chi connectivity index (χ0) is 15.2. The molecule has 4 nitrogen and oxygen atoms in total. The van der Waals surface area contributed by atoms with Crippen LogP contribution in [0.2, 0.25) is 0 Å². The summed E-state index contributed by atoms with van der Waals surface area (Å²) in [6.07, 6.45) is 5.44. The number of rotatable bonds is 5. The Labute approximate surface area is 125 Å². The van der Waals surface area contributed by atoms with Gasteiger partial charge in [0.25, 0.3) is 0 Å². The summed E-state index contributed by atoms with van der Waals surface area (Å²) in [6, 6.07) is 10.1. The highest BCUT2D eigenvalue weighted by Crippen LogP contribution is 2.24. The van der Waals surface area contributed by atoms with Crippen LogP contribution in [-0.2, 0) is 7.05 Å². The summed E-state index contributed by atoms with van der Waals surface area (Å²) in [6.45, 7) is 5.94. The van der Waals surface area contributed by atoms with E-state index in [2.05, 4.69) is 40.7 Å². The molecule has 0 fully saturated rings. The van der Waals surface area contributed by atoms with Crippen molar-refractivity contribution in [1.29, 1.82) is 0 Å². The molecule has 2 rings (SSSR count). The van der Waals surface area contributed by atoms with Crippen molar-refractivity contribution in [1.82, 2.24) is 9.78 Å². The average molecular weight is 280 g/mol. The van der Waals surface area contributed by atoms with E-state index in [1.807, 2.05) is 42.2 Å². The topological polar surface area (TPSA) is 42.5 Å². The molecule has 108 valence electrons. The van der Waals surface area contributed by atoms with E-state index in [-0.39, 0.29) is 5.92 Å². The molecule has 1 aromatic carbocycles. The standard InChI is InChI=1S/C17H20N4/c1-5-13(2)16(19-12-18-3)15-11-21(4)20-17(15)14-9-7-6-8-10-14/h5-13H,1H2,2-4H3/b18-12?,19-16+. The first-order valence-corrected chi connectivity index (χ1v) is 6.87. The lowest BCUT2D eigenvalue weighted by Crippen LogP contribution is -2.11. The summed E-state index contributed by atoms with van der Waals surface area (Å²) in [4.78, 5) is 8.44. The van der Waals surface area contributed by atoms with Gasteiger partial charge in [0.15, 0.2) is 0 Å². The summed E-state index contributed by atoms with van der Waals surface area (Å²) in [5.41, 5.74) is 3.93. The fourth-order valence-corrected chi connectivity index (χ4v) is 2.15. The number of benzene rings is 1. The van der Waals surface area contributed by atoms with Gasteiger partial charge in [-0.05, 0) is 0 Å². The Balaban J connectivity index is 2.59. The first-order chi connectivity index (χ1) is 10.2. The summed E-state index contributed by atoms with van der Waals surface area (Å²) in [5, 5.41) is 4.58. The molecule has 0 radical (unpaired) electrons. The van der Waals surface area contributed by atoms with Crippen molar-refractivity contribution in [3.8, 4) is 11.3 Å². The maximum atomic E-state index is 4.58. The molecule has 1 atom stereocenters. The molecule has 0 aliphatic heterocycles. The third-order valence-corrected chi connectivity index (χ3v) is 3.25. The maximum absolute atomic E-state index is 4.58. The molecule has 1 unspecified atom stereocenters. The molecule has 21 heavy (non-hydrogen) atoms. The number of hydrogen-bond donors (Lipinski definition) is 0. The quantitative estimate of drug-likeness (QED) is 0.470. The van der Waals surface area contributed by atoms with E-state index in [0.717, 1.165) is 22.5 Å². The van der Waals surface area contributed by atoms with E-state index in [9.17, 15) is 0 Å². The van der Waals surface area contributed by atoms with Gasteiger partial charge in [-0.2, -0.15) is 5.10 Å². The molecule has 0 aliphatic carbocycles. The monoisotopic (exact) mass is 280 g/mol. The lowest BCUT2D eigenvalue weighted by Gasteiger charge is -2.10. The largest absolute Gasteiger partial charge is 0.277 e. The van der Waals surface area contributed by atoms with Gasteiger partial charge in [-0.3, -0.25) is 9.67 Å². The number of aromatic nitrogens is 2. The molecule has 0 aliphatic rings. The normalized spacial score (nSPS) is 13.6. The Morgan fingerprint density at radius 1 is 1.33 bits per heavy atom. The summed E-state index contributed by atoms with van der Waals surface area (Å²) in [7, 11) is 3.63. The van der Waals surface area contributed by atoms with Crippen molar-refractivity contribution in [2.75, 3.05) is 7.05 Å². The van der Waals surface area contributed by atoms with Crippen LogP contribution in [-0.4, -0.2) is 28.9 Å². The third kappa shape index (κ3) is 3.34. The molecule has 0 spiro atoms. The SMILES string of the molecule is C=CC(C)/C(=N\C=NC)c1cn(C)nc1-c1ccccc1. The minimum Gasteiger partial charge on any atom is -0.277 e. The lowest BCUT2D eigenvalue weighted by atomic mass is 9.96. The zero-order valence-electron chi connectivity index (χ0n) is 12.7. The van der Waals surface area contributed by atoms with E-state index in [1.54, 1.807) is 13.4 Å². The molecule has 0 N–H and O–H groups in total. The minimum absolute atomic E-state index is 0.120. The van der Waals surface area contributed by atoms with E-state index in [1.165, 1.54) is 0 Å². The molecule has 1 heterocycles. The lowest BCUT2D eigenvalue weighted by molar-refractivity contribution is 0.770. The highest BCUT2D eigenvalue weighted by atomic mass is 15.3. The van der Waals surface area contributed by atoms with Crippen LogP contribution in [0.1, 0.15) is 12.5 Å². The third-order valence-electron chi connectivity index (χ3n) is 3.25. The van der Waals surface area contributed by atoms with Crippen LogP contribution >= 0.6 is 0 Å². The van der Waals surface area contributed by atoms with Crippen molar-refractivity contribution in [3.63, 3.8) is 0 Å². The number of aliphatic imine (C=N–C) groups is 2. The van der Waals surface area contributed by atoms with Crippen LogP contribution in [0.15, 0.2) is 59.2 Å². The maximum Gasteiger partial charge on any atom is 0.109 e. The van der Waals surface area contributed by atoms with Crippen molar-refractivity contribution in [2.45, 2.75) is 6.92 Å². The van der Waals surface area contributed by atoms with E-state index in [4.69, 9.17) is 0 Å². The number of aryl methyl sites for hydroxylation is 1. The van der Waals surface area contributed by atoms with Crippen LogP contribution in [0.4, 0.5) is 0 Å². The van der Waals surface area contributed by atoms with Gasteiger partial charge in [0, 0.05) is 37.3 Å². The second kappa shape index (κ2) is 6.79. The Kier molecular flexibility index (Phi) is 4.82. The van der Waals surface area contributed by atoms with Gasteiger partial charge in [-0.15, -0.1) is 6.58 Å². The molecule has 0 saturated heterocycles. The van der Waals surface area contributed by atoms with Gasteiger partial charge >= 0.3 is 0 Å². The van der Waals surface area contributed by atoms with E-state index < -0.39 is 0 Å². The highest BCUT2D eigenvalue weighted by molar-refractivity contribution is 6.09. The minimum atomic E-state index is 0.120. The Hall–Kier alpha value is -2.49. The van der Waals surface area contributed by atoms with Crippen LogP contribution in [0, 0.1) is 5.92 Å². The molecule has 0 amide bonds. The first kappa shape index (κ1) is 14.9. The summed E-state index contributed by atoms with van der Waals surface area (Å²) in [5.74, 6) is 0.120. The van der Waals surface area contributed by atoms with Gasteiger partial charge in [-0.25, -0.2) is 4.99 Å². The Bertz CT molecular complexity index is 665. The number of nitrogens with zero attached hydrogens (tertiary/aromatic N) is 4. The average Bonchev–Trinajstić information content (AvgIpc) is 2.90. The van der Waals surface area contributed by atoms with Crippen molar-refractivity contribution < 1.29 is 0 Å². The van der Waals surface area contributed by atoms with Gasteiger partial charge in [0.1, 0.15) is 12.0 Å². The second-order valence-corrected chi connectivity index (χ2v) is 4.84. The fourth-order valence-electron chi connectivity index (χ4n) is 2.15. The molecule has 0 saturated carbocycles. The van der Waals surface area contributed by atoms with E-state index in [0.29, 0.717) is 0 Å². The van der Waals surface area contributed by atoms with Crippen molar-refractivity contribution in [2.24, 2.45) is 23.0 Å². The van der Waals surface area contributed by atoms with E-state index >= 15 is 0 Å². The van der Waals surface area contributed by atoms with Crippen LogP contribution in [0.25, 0.3) is 11.3 Å². The van der Waals surface area contributed by atoms with Crippen LogP contribution < -0.4 is 0 Å². The fraction of sp³-hybridized carbons (Fsp3) is 0.235. The molecule has 1 aromatic heterocycles. The summed E-state index contributed by atoms with van der Waals surface area (Å²) >= 11 is 0. The predicted molar refractivity (Wildman–Crippen MR) is 89.0 cm³/mol. The predicted octanol–water partition coefficient (Wildman–Crippen LogP) is 3.36. The zero-order valence-corrected chi connectivity index (χ0v) is 12.7. The van der Waals surface area contributed by atoms with Gasteiger partial charge in [0.2, 0.25) is 0 Å². The van der Waals surface area contributed by atoms with Gasteiger partial charge < -0.3 is 0 Å². The molecular weight excluding hydrogens is 260 g/mol. The Morgan fingerprint density at radius 2 is 2.05 bits per heavy atom. The molecule has 2 aromatic rings. The first-order valence-electron chi connectivity index (χ1n) is 6.87. The molecule has 0 bridgehead atoms. The van der Waals surface area contributed by atoms with Crippen molar-refractivity contribution in [3.05, 3.63) is 54.7 Å². The highest BCUT2D eigenvalue weighted by Gasteiger charge is 2.18. The molecular formula is C17H20N4. The van der Waals surface area contributed by atoms with Gasteiger partial charge in [-0.1, -0.05) is 43.3 Å². The van der Waals surface area contributed by atoms with Crippen LogP contribution in [0.5, 0.6) is 0 Å². The number of hydrogen-bond acceptors (Lipinski definition) is 2. The van der Waals surface area contributed by atoms with Crippen LogP contribution in [0.3, 0.4) is 0 Å². The second-order valence-electron chi connectivity index (χ2n) is 4.84.